The summed E-state index contributed by atoms with van der Waals surface area (Å²) in [5, 5.41) is 14.5. The van der Waals surface area contributed by atoms with E-state index in [9.17, 15) is 19.6 Å². The second-order valence-electron chi connectivity index (χ2n) is 9.20. The normalized spacial score (nSPS) is 22.0. The van der Waals surface area contributed by atoms with Gasteiger partial charge in [0.2, 0.25) is 18.2 Å². The molecule has 2 atom stereocenters. The number of nitrogens with one attached hydrogen (secondary N) is 2. The summed E-state index contributed by atoms with van der Waals surface area (Å²) in [6.07, 6.45) is 5.70. The predicted octanol–water partition coefficient (Wildman–Crippen LogP) is 1.01. The van der Waals surface area contributed by atoms with E-state index >= 15 is 0 Å². The van der Waals surface area contributed by atoms with Crippen molar-refractivity contribution in [3.8, 4) is 0 Å². The Hall–Kier alpha value is -2.76. The second kappa shape index (κ2) is 11.6. The maximum absolute atomic E-state index is 13.4. The topological polar surface area (TPSA) is 127 Å². The molecule has 1 aliphatic carbocycles. The molecule has 2 aliphatic heterocycles. The van der Waals surface area contributed by atoms with Crippen LogP contribution in [-0.4, -0.2) is 83.9 Å². The molecule has 0 aromatic carbocycles. The zero-order valence-electron chi connectivity index (χ0n) is 19.4. The Morgan fingerprint density at radius 1 is 1.26 bits per heavy atom. The van der Waals surface area contributed by atoms with Gasteiger partial charge in [-0.25, -0.2) is 15.5 Å². The van der Waals surface area contributed by atoms with Crippen LogP contribution < -0.4 is 15.6 Å². The van der Waals surface area contributed by atoms with Crippen LogP contribution in [0.5, 0.6) is 0 Å². The van der Waals surface area contributed by atoms with Gasteiger partial charge in [0.25, 0.3) is 0 Å². The van der Waals surface area contributed by atoms with Crippen LogP contribution in [0.15, 0.2) is 18.2 Å². The molecule has 34 heavy (non-hydrogen) atoms. The minimum absolute atomic E-state index is 0.0888. The van der Waals surface area contributed by atoms with Crippen LogP contribution in [0.25, 0.3) is 0 Å². The Labute approximate surface area is 199 Å². The van der Waals surface area contributed by atoms with Gasteiger partial charge >= 0.3 is 0 Å². The lowest BCUT2D eigenvalue weighted by Gasteiger charge is -2.30. The zero-order chi connectivity index (χ0) is 23.9. The van der Waals surface area contributed by atoms with Gasteiger partial charge in [-0.1, -0.05) is 31.7 Å². The van der Waals surface area contributed by atoms with Gasteiger partial charge in [0.1, 0.15) is 17.7 Å². The molecule has 0 bridgehead atoms. The third kappa shape index (κ3) is 6.02. The minimum Gasteiger partial charge on any atom is -0.378 e. The van der Waals surface area contributed by atoms with E-state index in [0.717, 1.165) is 44.6 Å². The summed E-state index contributed by atoms with van der Waals surface area (Å²) in [4.78, 5) is 44.2. The van der Waals surface area contributed by atoms with Crippen molar-refractivity contribution in [2.75, 3.05) is 49.6 Å². The van der Waals surface area contributed by atoms with Crippen molar-refractivity contribution >= 4 is 29.9 Å². The Morgan fingerprint density at radius 3 is 2.76 bits per heavy atom. The molecule has 1 aromatic heterocycles. The fourth-order valence-electron chi connectivity index (χ4n) is 5.08. The maximum Gasteiger partial charge on any atom is 0.250 e. The number of ether oxygens (including phenoxy) is 1. The zero-order valence-corrected chi connectivity index (χ0v) is 19.4. The van der Waals surface area contributed by atoms with E-state index in [2.05, 4.69) is 20.6 Å². The van der Waals surface area contributed by atoms with E-state index in [1.54, 1.807) is 6.07 Å². The minimum atomic E-state index is -0.698. The van der Waals surface area contributed by atoms with Crippen LogP contribution in [0.4, 0.5) is 11.6 Å². The van der Waals surface area contributed by atoms with Gasteiger partial charge in [-0.2, -0.15) is 0 Å². The number of pyridine rings is 1. The molecule has 2 unspecified atom stereocenters. The number of hydrogen-bond acceptors (Lipinski definition) is 8. The molecule has 1 saturated carbocycles. The molecule has 0 radical (unpaired) electrons. The summed E-state index contributed by atoms with van der Waals surface area (Å²) >= 11 is 0. The number of rotatable bonds is 9. The first kappa shape index (κ1) is 24.4. The standard InChI is InChI=1S/C23H34N6O5/c30-16-28(33)15-18(14-17-4-1-2-5-17)23(32)29-19(8-9-24-29)22(31)26-20-6-3-7-21(25-20)27-10-12-34-13-11-27/h3,6-7,16-19,24,33H,1-2,4-5,8-15H2,(H,25,26,31). The molecule has 3 amide bonds. The highest BCUT2D eigenvalue weighted by molar-refractivity contribution is 5.97. The van der Waals surface area contributed by atoms with Crippen LogP contribution in [-0.2, 0) is 19.1 Å². The van der Waals surface area contributed by atoms with Crippen LogP contribution in [0.1, 0.15) is 38.5 Å². The number of morpholine rings is 1. The van der Waals surface area contributed by atoms with Gasteiger partial charge in [-0.05, 0) is 30.9 Å². The van der Waals surface area contributed by atoms with Gasteiger partial charge in [-0.3, -0.25) is 24.6 Å². The molecule has 11 nitrogen and oxygen atoms in total. The molecular formula is C23H34N6O5. The van der Waals surface area contributed by atoms with Crippen molar-refractivity contribution in [1.82, 2.24) is 20.5 Å². The summed E-state index contributed by atoms with van der Waals surface area (Å²) in [6, 6.07) is 4.77. The number of hydrogen-bond donors (Lipinski definition) is 3. The summed E-state index contributed by atoms with van der Waals surface area (Å²) in [6.45, 7) is 3.15. The van der Waals surface area contributed by atoms with Crippen molar-refractivity contribution in [3.05, 3.63) is 18.2 Å². The van der Waals surface area contributed by atoms with Crippen molar-refractivity contribution in [1.29, 1.82) is 0 Å². The average molecular weight is 475 g/mol. The highest BCUT2D eigenvalue weighted by Crippen LogP contribution is 2.31. The maximum atomic E-state index is 13.4. The molecule has 2 saturated heterocycles. The number of amides is 3. The van der Waals surface area contributed by atoms with Crippen LogP contribution in [0.2, 0.25) is 0 Å². The van der Waals surface area contributed by atoms with E-state index in [-0.39, 0.29) is 18.4 Å². The van der Waals surface area contributed by atoms with Crippen molar-refractivity contribution in [2.24, 2.45) is 11.8 Å². The first-order valence-corrected chi connectivity index (χ1v) is 12.1. The molecule has 3 N–H and O–H groups in total. The number of nitrogens with zero attached hydrogens (tertiary/aromatic N) is 4. The molecule has 3 aliphatic rings. The molecule has 186 valence electrons. The lowest BCUT2D eigenvalue weighted by atomic mass is 9.92. The summed E-state index contributed by atoms with van der Waals surface area (Å²) in [5.41, 5.74) is 3.02. The smallest absolute Gasteiger partial charge is 0.250 e. The average Bonchev–Trinajstić information content (AvgIpc) is 3.56. The number of carbonyl (C=O) groups is 3. The van der Waals surface area contributed by atoms with Crippen molar-refractivity contribution in [3.63, 3.8) is 0 Å². The lowest BCUT2D eigenvalue weighted by Crippen LogP contribution is -2.51. The Kier molecular flexibility index (Phi) is 8.30. The highest BCUT2D eigenvalue weighted by Gasteiger charge is 2.39. The first-order chi connectivity index (χ1) is 16.5. The fraction of sp³-hybridized carbons (Fsp3) is 0.652. The quantitative estimate of drug-likeness (QED) is 0.275. The summed E-state index contributed by atoms with van der Waals surface area (Å²) < 4.78 is 5.39. The number of aromatic nitrogens is 1. The van der Waals surface area contributed by atoms with Gasteiger partial charge in [0, 0.05) is 19.6 Å². The molecule has 3 fully saturated rings. The third-order valence-corrected chi connectivity index (χ3v) is 6.84. The Bertz CT molecular complexity index is 858. The van der Waals surface area contributed by atoms with E-state index in [1.165, 1.54) is 5.01 Å². The van der Waals surface area contributed by atoms with Gasteiger partial charge in [0.15, 0.2) is 0 Å². The van der Waals surface area contributed by atoms with Gasteiger partial charge < -0.3 is 15.0 Å². The first-order valence-electron chi connectivity index (χ1n) is 12.1. The van der Waals surface area contributed by atoms with Gasteiger partial charge in [0.05, 0.1) is 25.7 Å². The Morgan fingerprint density at radius 2 is 2.03 bits per heavy atom. The molecule has 0 spiro atoms. The van der Waals surface area contributed by atoms with Crippen LogP contribution in [0, 0.1) is 11.8 Å². The van der Waals surface area contributed by atoms with E-state index in [1.807, 2.05) is 12.1 Å². The molecular weight excluding hydrogens is 440 g/mol. The number of hydrazine groups is 1. The summed E-state index contributed by atoms with van der Waals surface area (Å²) in [5.74, 6) is 0.407. The molecule has 3 heterocycles. The van der Waals surface area contributed by atoms with Crippen LogP contribution in [0.3, 0.4) is 0 Å². The predicted molar refractivity (Wildman–Crippen MR) is 124 cm³/mol. The van der Waals surface area contributed by atoms with Crippen molar-refractivity contribution in [2.45, 2.75) is 44.6 Å². The third-order valence-electron chi connectivity index (χ3n) is 6.84. The van der Waals surface area contributed by atoms with Gasteiger partial charge in [-0.15, -0.1) is 0 Å². The SMILES string of the molecule is O=CN(O)CC(CC1CCCC1)C(=O)N1NCCC1C(=O)Nc1cccc(N2CCOCC2)n1. The van der Waals surface area contributed by atoms with E-state index in [4.69, 9.17) is 4.74 Å². The fourth-order valence-corrected chi connectivity index (χ4v) is 5.08. The summed E-state index contributed by atoms with van der Waals surface area (Å²) in [7, 11) is 0. The number of carbonyl (C=O) groups excluding carboxylic acids is 3. The van der Waals surface area contributed by atoms with Crippen molar-refractivity contribution < 1.29 is 24.3 Å². The van der Waals surface area contributed by atoms with Crippen LogP contribution >= 0.6 is 0 Å². The monoisotopic (exact) mass is 474 g/mol. The molecule has 11 heteroatoms. The Balaban J connectivity index is 1.42. The van der Waals surface area contributed by atoms with E-state index < -0.39 is 12.0 Å². The highest BCUT2D eigenvalue weighted by atomic mass is 16.5. The lowest BCUT2D eigenvalue weighted by molar-refractivity contribution is -0.159. The van der Waals surface area contributed by atoms with E-state index in [0.29, 0.717) is 55.8 Å². The second-order valence-corrected chi connectivity index (χ2v) is 9.20. The largest absolute Gasteiger partial charge is 0.378 e. The number of hydroxylamine groups is 2. The molecule has 1 aromatic rings. The number of anilines is 2. The molecule has 4 rings (SSSR count).